The van der Waals surface area contributed by atoms with Crippen molar-refractivity contribution in [1.29, 1.82) is 0 Å². The van der Waals surface area contributed by atoms with Crippen LogP contribution in [0.2, 0.25) is 0 Å². The summed E-state index contributed by atoms with van der Waals surface area (Å²) in [7, 11) is 1.85. The lowest BCUT2D eigenvalue weighted by Gasteiger charge is -2.40. The number of morpholine rings is 1. The monoisotopic (exact) mass is 428 g/mol. The van der Waals surface area contributed by atoms with Gasteiger partial charge in [0.2, 0.25) is 5.88 Å². The zero-order valence-electron chi connectivity index (χ0n) is 18.5. The van der Waals surface area contributed by atoms with E-state index in [0.717, 1.165) is 11.1 Å². The van der Waals surface area contributed by atoms with Gasteiger partial charge in [0.25, 0.3) is 0 Å². The van der Waals surface area contributed by atoms with Crippen LogP contribution in [0, 0.1) is 0 Å². The van der Waals surface area contributed by atoms with Crippen molar-refractivity contribution in [3.8, 4) is 17.1 Å². The molecule has 31 heavy (non-hydrogen) atoms. The van der Waals surface area contributed by atoms with Gasteiger partial charge in [0, 0.05) is 25.4 Å². The SMILES string of the molecule is Cn1cc(-c2cn3nccc3c(OCC3(C)CN(C(=O)OC(C)(C)C)CCO3)n2)cn1. The summed E-state index contributed by atoms with van der Waals surface area (Å²) in [6.07, 6.45) is 6.80. The summed E-state index contributed by atoms with van der Waals surface area (Å²) in [4.78, 5) is 18.8. The maximum absolute atomic E-state index is 12.5. The Labute approximate surface area is 180 Å². The van der Waals surface area contributed by atoms with Crippen molar-refractivity contribution in [3.63, 3.8) is 0 Å². The Balaban J connectivity index is 1.51. The summed E-state index contributed by atoms with van der Waals surface area (Å²) in [6.45, 7) is 8.94. The molecule has 1 unspecified atom stereocenters. The number of carbonyl (C=O) groups excluding carboxylic acids is 1. The van der Waals surface area contributed by atoms with Crippen LogP contribution in [0.1, 0.15) is 27.7 Å². The van der Waals surface area contributed by atoms with E-state index in [1.165, 1.54) is 0 Å². The highest BCUT2D eigenvalue weighted by Gasteiger charge is 2.37. The van der Waals surface area contributed by atoms with Crippen LogP contribution in [0.4, 0.5) is 4.79 Å². The number of rotatable bonds is 4. The summed E-state index contributed by atoms with van der Waals surface area (Å²) in [5.74, 6) is 0.443. The lowest BCUT2D eigenvalue weighted by atomic mass is 10.1. The predicted octanol–water partition coefficient (Wildman–Crippen LogP) is 2.53. The number of hydrogen-bond donors (Lipinski definition) is 0. The number of aromatic nitrogens is 5. The molecule has 10 nitrogen and oxygen atoms in total. The number of ether oxygens (including phenoxy) is 3. The molecule has 3 aromatic rings. The summed E-state index contributed by atoms with van der Waals surface area (Å²) < 4.78 is 21.0. The van der Waals surface area contributed by atoms with Gasteiger partial charge in [0.05, 0.1) is 37.4 Å². The van der Waals surface area contributed by atoms with Gasteiger partial charge in [-0.1, -0.05) is 0 Å². The van der Waals surface area contributed by atoms with E-state index in [0.29, 0.717) is 31.3 Å². The van der Waals surface area contributed by atoms with E-state index in [1.54, 1.807) is 26.5 Å². The fourth-order valence-electron chi connectivity index (χ4n) is 3.42. The second kappa shape index (κ2) is 7.84. The first-order valence-electron chi connectivity index (χ1n) is 10.2. The van der Waals surface area contributed by atoms with Gasteiger partial charge < -0.3 is 19.1 Å². The Hall–Kier alpha value is -3.14. The topological polar surface area (TPSA) is 96.0 Å². The first-order chi connectivity index (χ1) is 14.6. The van der Waals surface area contributed by atoms with Crippen molar-refractivity contribution in [2.24, 2.45) is 7.05 Å². The molecule has 0 saturated carbocycles. The zero-order valence-corrected chi connectivity index (χ0v) is 18.5. The van der Waals surface area contributed by atoms with Crippen LogP contribution in [0.25, 0.3) is 16.8 Å². The fourth-order valence-corrected chi connectivity index (χ4v) is 3.42. The number of hydrogen-bond acceptors (Lipinski definition) is 7. The van der Waals surface area contributed by atoms with E-state index in [9.17, 15) is 4.79 Å². The molecule has 4 rings (SSSR count). The van der Waals surface area contributed by atoms with Crippen molar-refractivity contribution < 1.29 is 19.0 Å². The molecule has 1 aliphatic heterocycles. The first-order valence-corrected chi connectivity index (χ1v) is 10.2. The molecule has 1 fully saturated rings. The van der Waals surface area contributed by atoms with Crippen LogP contribution in [0.5, 0.6) is 5.88 Å². The Morgan fingerprint density at radius 3 is 2.81 bits per heavy atom. The van der Waals surface area contributed by atoms with Gasteiger partial charge in [0.15, 0.2) is 0 Å². The number of fused-ring (bicyclic) bond motifs is 1. The second-order valence-corrected chi connectivity index (χ2v) is 8.98. The summed E-state index contributed by atoms with van der Waals surface area (Å²) in [5.41, 5.74) is 1.06. The van der Waals surface area contributed by atoms with Gasteiger partial charge in [0.1, 0.15) is 23.3 Å². The Morgan fingerprint density at radius 1 is 1.29 bits per heavy atom. The minimum absolute atomic E-state index is 0.219. The third-order valence-corrected chi connectivity index (χ3v) is 4.86. The molecule has 0 aromatic carbocycles. The van der Waals surface area contributed by atoms with E-state index >= 15 is 0 Å². The second-order valence-electron chi connectivity index (χ2n) is 8.98. The first kappa shape index (κ1) is 21.1. The number of nitrogens with zero attached hydrogens (tertiary/aromatic N) is 6. The van der Waals surface area contributed by atoms with Gasteiger partial charge in [-0.25, -0.2) is 14.3 Å². The molecule has 0 spiro atoms. The average Bonchev–Trinajstić information content (AvgIpc) is 3.33. The Bertz CT molecular complexity index is 1090. The Morgan fingerprint density at radius 2 is 2.10 bits per heavy atom. The van der Waals surface area contributed by atoms with Crippen LogP contribution < -0.4 is 4.74 Å². The van der Waals surface area contributed by atoms with Crippen molar-refractivity contribution in [1.82, 2.24) is 29.3 Å². The van der Waals surface area contributed by atoms with Crippen molar-refractivity contribution in [2.45, 2.75) is 38.9 Å². The molecule has 10 heteroatoms. The van der Waals surface area contributed by atoms with Gasteiger partial charge in [-0.05, 0) is 33.8 Å². The molecule has 1 amide bonds. The molecule has 0 aliphatic carbocycles. The lowest BCUT2D eigenvalue weighted by molar-refractivity contribution is -0.116. The smallest absolute Gasteiger partial charge is 0.410 e. The molecule has 0 bridgehead atoms. The van der Waals surface area contributed by atoms with Gasteiger partial charge in [-0.3, -0.25) is 4.68 Å². The maximum Gasteiger partial charge on any atom is 0.410 e. The molecule has 1 atom stereocenters. The molecule has 166 valence electrons. The maximum atomic E-state index is 12.5. The summed E-state index contributed by atoms with van der Waals surface area (Å²) >= 11 is 0. The van der Waals surface area contributed by atoms with Crippen LogP contribution in [-0.4, -0.2) is 72.9 Å². The standard InChI is InChI=1S/C21H28N6O4/c1-20(2,3)31-19(28)26-8-9-30-21(4,13-26)14-29-18-17-6-7-22-27(17)12-16(24-18)15-10-23-25(5)11-15/h6-7,10-12H,8-9,13-14H2,1-5H3. The molecule has 0 radical (unpaired) electrons. The molecule has 1 aliphatic rings. The minimum atomic E-state index is -0.696. The van der Waals surface area contributed by atoms with Crippen molar-refractivity contribution >= 4 is 11.6 Å². The normalized spacial score (nSPS) is 19.6. The van der Waals surface area contributed by atoms with Crippen LogP contribution in [0.15, 0.2) is 30.9 Å². The molecule has 0 N–H and O–H groups in total. The van der Waals surface area contributed by atoms with Gasteiger partial charge in [-0.15, -0.1) is 0 Å². The van der Waals surface area contributed by atoms with Gasteiger partial charge in [-0.2, -0.15) is 10.2 Å². The number of amides is 1. The van der Waals surface area contributed by atoms with Crippen LogP contribution >= 0.6 is 0 Å². The Kier molecular flexibility index (Phi) is 5.34. The highest BCUT2D eigenvalue weighted by atomic mass is 16.6. The van der Waals surface area contributed by atoms with E-state index in [1.807, 2.05) is 53.2 Å². The summed E-state index contributed by atoms with van der Waals surface area (Å²) in [6, 6.07) is 1.84. The molecular formula is C21H28N6O4. The third-order valence-electron chi connectivity index (χ3n) is 4.86. The quantitative estimate of drug-likeness (QED) is 0.630. The van der Waals surface area contributed by atoms with E-state index in [4.69, 9.17) is 14.2 Å². The van der Waals surface area contributed by atoms with Gasteiger partial charge >= 0.3 is 6.09 Å². The highest BCUT2D eigenvalue weighted by molar-refractivity contribution is 5.68. The van der Waals surface area contributed by atoms with Crippen LogP contribution in [-0.2, 0) is 16.5 Å². The predicted molar refractivity (Wildman–Crippen MR) is 113 cm³/mol. The average molecular weight is 428 g/mol. The molecule has 1 saturated heterocycles. The fraction of sp³-hybridized carbons (Fsp3) is 0.524. The minimum Gasteiger partial charge on any atom is -0.473 e. The van der Waals surface area contributed by atoms with E-state index in [-0.39, 0.29) is 12.7 Å². The largest absolute Gasteiger partial charge is 0.473 e. The van der Waals surface area contributed by atoms with Crippen LogP contribution in [0.3, 0.4) is 0 Å². The molecule has 3 aromatic heterocycles. The van der Waals surface area contributed by atoms with Crippen molar-refractivity contribution in [3.05, 3.63) is 30.9 Å². The summed E-state index contributed by atoms with van der Waals surface area (Å²) in [5, 5.41) is 8.53. The van der Waals surface area contributed by atoms with Crippen molar-refractivity contribution in [2.75, 3.05) is 26.3 Å². The van der Waals surface area contributed by atoms with E-state index < -0.39 is 11.2 Å². The molecular weight excluding hydrogens is 400 g/mol. The zero-order chi connectivity index (χ0) is 22.2. The molecule has 4 heterocycles. The number of carbonyl (C=O) groups is 1. The van der Waals surface area contributed by atoms with E-state index in [2.05, 4.69) is 15.2 Å². The third kappa shape index (κ3) is 4.79. The number of aryl methyl sites for hydroxylation is 1. The highest BCUT2D eigenvalue weighted by Crippen LogP contribution is 2.26. The lowest BCUT2D eigenvalue weighted by Crippen LogP contribution is -2.55.